The van der Waals surface area contributed by atoms with Gasteiger partial charge in [0.15, 0.2) is 6.10 Å². The Morgan fingerprint density at radius 1 is 1.04 bits per heavy atom. The molecule has 0 spiro atoms. The van der Waals surface area contributed by atoms with Crippen LogP contribution in [0.4, 0.5) is 0 Å². The maximum Gasteiger partial charge on any atom is 0.261 e. The van der Waals surface area contributed by atoms with Crippen molar-refractivity contribution in [3.05, 3.63) is 64.7 Å². The van der Waals surface area contributed by atoms with Crippen LogP contribution < -0.4 is 10.1 Å². The van der Waals surface area contributed by atoms with Crippen LogP contribution in [-0.4, -0.2) is 12.0 Å². The van der Waals surface area contributed by atoms with Crippen molar-refractivity contribution in [3.8, 4) is 5.75 Å². The number of ether oxygens (including phenoxy) is 1. The van der Waals surface area contributed by atoms with Crippen LogP contribution in [0, 0.1) is 13.8 Å². The molecule has 2 aromatic carbocycles. The molecule has 1 amide bonds. The summed E-state index contributed by atoms with van der Waals surface area (Å²) in [6.07, 6.45) is 1.16. The Bertz CT molecular complexity index is 706. The smallest absolute Gasteiger partial charge is 0.261 e. The van der Waals surface area contributed by atoms with Gasteiger partial charge in [-0.1, -0.05) is 44.2 Å². The van der Waals surface area contributed by atoms with Crippen molar-refractivity contribution in [2.24, 2.45) is 0 Å². The molecular formula is C22H29NO2. The summed E-state index contributed by atoms with van der Waals surface area (Å²) in [4.78, 5) is 12.6. The van der Waals surface area contributed by atoms with Gasteiger partial charge in [-0.3, -0.25) is 4.79 Å². The highest BCUT2D eigenvalue weighted by molar-refractivity contribution is 5.81. The number of nitrogens with one attached hydrogen (secondary N) is 1. The van der Waals surface area contributed by atoms with Crippen molar-refractivity contribution in [1.82, 2.24) is 5.32 Å². The van der Waals surface area contributed by atoms with Crippen LogP contribution in [0.2, 0.25) is 0 Å². The van der Waals surface area contributed by atoms with Gasteiger partial charge in [-0.25, -0.2) is 0 Å². The summed E-state index contributed by atoms with van der Waals surface area (Å²) in [6, 6.07) is 14.3. The quantitative estimate of drug-likeness (QED) is 0.779. The van der Waals surface area contributed by atoms with Crippen LogP contribution in [0.25, 0.3) is 0 Å². The molecule has 0 radical (unpaired) electrons. The number of aryl methyl sites for hydroxylation is 3. The Hall–Kier alpha value is -2.29. The van der Waals surface area contributed by atoms with Gasteiger partial charge in [0.25, 0.3) is 5.91 Å². The topological polar surface area (TPSA) is 38.3 Å². The molecule has 0 saturated heterocycles. The number of amides is 1. The number of hydrogen-bond donors (Lipinski definition) is 1. The van der Waals surface area contributed by atoms with Gasteiger partial charge in [0.1, 0.15) is 5.75 Å². The standard InChI is InChI=1S/C22H29NO2/c1-6-18-9-11-19(12-10-18)17(5)23-22(24)21(7-2)25-20-13-8-15(3)16(4)14-20/h8-14,17,21H,6-7H2,1-5H3,(H,23,24)/t17-,21-/m0/s1. The van der Waals surface area contributed by atoms with E-state index in [4.69, 9.17) is 4.74 Å². The second kappa shape index (κ2) is 8.70. The lowest BCUT2D eigenvalue weighted by molar-refractivity contribution is -0.128. The average molecular weight is 339 g/mol. The lowest BCUT2D eigenvalue weighted by Gasteiger charge is -2.21. The van der Waals surface area contributed by atoms with E-state index >= 15 is 0 Å². The van der Waals surface area contributed by atoms with Gasteiger partial charge in [0, 0.05) is 0 Å². The summed E-state index contributed by atoms with van der Waals surface area (Å²) >= 11 is 0. The number of rotatable bonds is 7. The third-order valence-corrected chi connectivity index (χ3v) is 4.67. The highest BCUT2D eigenvalue weighted by Gasteiger charge is 2.20. The Balaban J connectivity index is 2.01. The average Bonchev–Trinajstić information content (AvgIpc) is 2.62. The van der Waals surface area contributed by atoms with Gasteiger partial charge in [0.05, 0.1) is 6.04 Å². The van der Waals surface area contributed by atoms with Gasteiger partial charge in [-0.2, -0.15) is 0 Å². The number of carbonyl (C=O) groups is 1. The molecular weight excluding hydrogens is 310 g/mol. The largest absolute Gasteiger partial charge is 0.481 e. The summed E-state index contributed by atoms with van der Waals surface area (Å²) in [5.74, 6) is 0.665. The van der Waals surface area contributed by atoms with E-state index in [1.165, 1.54) is 11.1 Å². The summed E-state index contributed by atoms with van der Waals surface area (Å²) in [6.45, 7) is 10.2. The Morgan fingerprint density at radius 3 is 2.28 bits per heavy atom. The van der Waals surface area contributed by atoms with E-state index in [9.17, 15) is 4.79 Å². The Labute approximate surface area is 151 Å². The van der Waals surface area contributed by atoms with Gasteiger partial charge in [0.2, 0.25) is 0 Å². The number of benzene rings is 2. The van der Waals surface area contributed by atoms with E-state index in [2.05, 4.69) is 43.4 Å². The van der Waals surface area contributed by atoms with E-state index < -0.39 is 6.10 Å². The van der Waals surface area contributed by atoms with Crippen LogP contribution in [0.15, 0.2) is 42.5 Å². The molecule has 0 bridgehead atoms. The normalized spacial score (nSPS) is 13.2. The molecule has 0 fully saturated rings. The molecule has 3 heteroatoms. The minimum absolute atomic E-state index is 0.0455. The molecule has 3 nitrogen and oxygen atoms in total. The minimum Gasteiger partial charge on any atom is -0.481 e. The SMILES string of the molecule is CCc1ccc([C@H](C)NC(=O)[C@H](CC)Oc2ccc(C)c(C)c2)cc1. The molecule has 2 atom stereocenters. The summed E-state index contributed by atoms with van der Waals surface area (Å²) < 4.78 is 5.92. The van der Waals surface area contributed by atoms with Crippen LogP contribution in [-0.2, 0) is 11.2 Å². The predicted octanol–water partition coefficient (Wildman–Crippen LogP) is 4.90. The Morgan fingerprint density at radius 2 is 1.72 bits per heavy atom. The van der Waals surface area contributed by atoms with Crippen molar-refractivity contribution in [2.45, 2.75) is 59.6 Å². The van der Waals surface area contributed by atoms with Crippen molar-refractivity contribution in [1.29, 1.82) is 0 Å². The van der Waals surface area contributed by atoms with Crippen molar-refractivity contribution >= 4 is 5.91 Å². The van der Waals surface area contributed by atoms with E-state index in [0.29, 0.717) is 6.42 Å². The highest BCUT2D eigenvalue weighted by atomic mass is 16.5. The molecule has 0 unspecified atom stereocenters. The zero-order valence-electron chi connectivity index (χ0n) is 15.9. The van der Waals surface area contributed by atoms with Gasteiger partial charge in [-0.05, 0) is 68.0 Å². The molecule has 25 heavy (non-hydrogen) atoms. The first-order valence-corrected chi connectivity index (χ1v) is 9.07. The third kappa shape index (κ3) is 5.09. The van der Waals surface area contributed by atoms with Crippen molar-refractivity contribution < 1.29 is 9.53 Å². The van der Waals surface area contributed by atoms with Crippen molar-refractivity contribution in [2.75, 3.05) is 0 Å². The van der Waals surface area contributed by atoms with E-state index in [1.54, 1.807) is 0 Å². The maximum absolute atomic E-state index is 12.6. The number of hydrogen-bond acceptors (Lipinski definition) is 2. The van der Waals surface area contributed by atoms with Crippen LogP contribution in [0.1, 0.15) is 55.5 Å². The molecule has 2 rings (SSSR count). The zero-order chi connectivity index (χ0) is 18.4. The van der Waals surface area contributed by atoms with E-state index in [0.717, 1.165) is 23.3 Å². The highest BCUT2D eigenvalue weighted by Crippen LogP contribution is 2.19. The molecule has 0 aliphatic rings. The monoisotopic (exact) mass is 339 g/mol. The molecule has 0 aliphatic heterocycles. The Kier molecular flexibility index (Phi) is 6.63. The van der Waals surface area contributed by atoms with Crippen LogP contribution in [0.5, 0.6) is 5.75 Å². The van der Waals surface area contributed by atoms with E-state index in [1.807, 2.05) is 39.0 Å². The summed E-state index contributed by atoms with van der Waals surface area (Å²) in [5, 5.41) is 3.07. The first kappa shape index (κ1) is 19.0. The lowest BCUT2D eigenvalue weighted by Crippen LogP contribution is -2.39. The van der Waals surface area contributed by atoms with Crippen LogP contribution >= 0.6 is 0 Å². The van der Waals surface area contributed by atoms with Gasteiger partial charge in [-0.15, -0.1) is 0 Å². The fraction of sp³-hybridized carbons (Fsp3) is 0.409. The first-order chi connectivity index (χ1) is 11.9. The third-order valence-electron chi connectivity index (χ3n) is 4.67. The zero-order valence-corrected chi connectivity index (χ0v) is 15.9. The molecule has 0 aliphatic carbocycles. The lowest BCUT2D eigenvalue weighted by atomic mass is 10.0. The summed E-state index contributed by atoms with van der Waals surface area (Å²) in [5.41, 5.74) is 4.78. The van der Waals surface area contributed by atoms with Gasteiger partial charge < -0.3 is 10.1 Å². The van der Waals surface area contributed by atoms with Crippen molar-refractivity contribution in [3.63, 3.8) is 0 Å². The maximum atomic E-state index is 12.6. The molecule has 134 valence electrons. The fourth-order valence-electron chi connectivity index (χ4n) is 2.71. The second-order valence-corrected chi connectivity index (χ2v) is 6.59. The van der Waals surface area contributed by atoms with Gasteiger partial charge >= 0.3 is 0 Å². The predicted molar refractivity (Wildman–Crippen MR) is 103 cm³/mol. The number of carbonyl (C=O) groups excluding carboxylic acids is 1. The first-order valence-electron chi connectivity index (χ1n) is 9.07. The molecule has 1 N–H and O–H groups in total. The van der Waals surface area contributed by atoms with E-state index in [-0.39, 0.29) is 11.9 Å². The molecule has 0 heterocycles. The summed E-state index contributed by atoms with van der Waals surface area (Å²) in [7, 11) is 0. The molecule has 0 aromatic heterocycles. The van der Waals surface area contributed by atoms with Crippen LogP contribution in [0.3, 0.4) is 0 Å². The minimum atomic E-state index is -0.487. The molecule has 2 aromatic rings. The second-order valence-electron chi connectivity index (χ2n) is 6.59. The molecule has 0 saturated carbocycles. The fourth-order valence-corrected chi connectivity index (χ4v) is 2.71.